The van der Waals surface area contributed by atoms with E-state index >= 15 is 0 Å². The van der Waals surface area contributed by atoms with Crippen molar-refractivity contribution in [2.75, 3.05) is 6.26 Å². The SMILES string of the molecule is CS(=O)(=O)C1C(c2ccc(F)cc2)C1(C#N)C(=O)O. The number of nitriles is 1. The van der Waals surface area contributed by atoms with Crippen molar-refractivity contribution in [1.29, 1.82) is 5.26 Å². The predicted octanol–water partition coefficient (Wildman–Crippen LogP) is 0.931. The quantitative estimate of drug-likeness (QED) is 0.890. The number of rotatable bonds is 3. The molecule has 5 nitrogen and oxygen atoms in total. The molecule has 19 heavy (non-hydrogen) atoms. The first-order chi connectivity index (χ1) is 8.75. The number of carboxylic acid groups (broad SMARTS) is 1. The van der Waals surface area contributed by atoms with E-state index in [1.807, 2.05) is 0 Å². The summed E-state index contributed by atoms with van der Waals surface area (Å²) in [4.78, 5) is 11.3. The molecule has 1 aliphatic carbocycles. The van der Waals surface area contributed by atoms with E-state index in [4.69, 9.17) is 10.4 Å². The Hall–Kier alpha value is -1.94. The molecule has 0 aromatic heterocycles. The summed E-state index contributed by atoms with van der Waals surface area (Å²) in [5.74, 6) is -2.96. The van der Waals surface area contributed by atoms with Gasteiger partial charge in [-0.2, -0.15) is 5.26 Å². The van der Waals surface area contributed by atoms with Crippen molar-refractivity contribution in [2.24, 2.45) is 5.41 Å². The Balaban J connectivity index is 2.54. The Morgan fingerprint density at radius 3 is 2.26 bits per heavy atom. The van der Waals surface area contributed by atoms with E-state index in [1.165, 1.54) is 12.1 Å². The van der Waals surface area contributed by atoms with E-state index in [9.17, 15) is 17.6 Å². The fourth-order valence-corrected chi connectivity index (χ4v) is 4.25. The van der Waals surface area contributed by atoms with Gasteiger partial charge in [-0.3, -0.25) is 4.79 Å². The number of carbonyl (C=O) groups is 1. The van der Waals surface area contributed by atoms with Gasteiger partial charge in [0.05, 0.1) is 6.07 Å². The van der Waals surface area contributed by atoms with Crippen LogP contribution in [0.4, 0.5) is 4.39 Å². The maximum Gasteiger partial charge on any atom is 0.326 e. The number of aliphatic carboxylic acids is 1. The molecule has 0 amide bonds. The van der Waals surface area contributed by atoms with E-state index in [0.717, 1.165) is 18.4 Å². The van der Waals surface area contributed by atoms with E-state index in [0.29, 0.717) is 5.56 Å². The molecule has 1 N–H and O–H groups in total. The van der Waals surface area contributed by atoms with Crippen LogP contribution in [0.3, 0.4) is 0 Å². The van der Waals surface area contributed by atoms with Crippen LogP contribution in [0.15, 0.2) is 24.3 Å². The van der Waals surface area contributed by atoms with Gasteiger partial charge < -0.3 is 5.11 Å². The molecule has 1 aliphatic rings. The summed E-state index contributed by atoms with van der Waals surface area (Å²) >= 11 is 0. The van der Waals surface area contributed by atoms with Gasteiger partial charge in [0, 0.05) is 12.2 Å². The summed E-state index contributed by atoms with van der Waals surface area (Å²) in [7, 11) is -3.70. The number of nitrogens with zero attached hydrogens (tertiary/aromatic N) is 1. The maximum absolute atomic E-state index is 12.8. The summed E-state index contributed by atoms with van der Waals surface area (Å²) in [6, 6.07) is 6.43. The first-order valence-corrected chi connectivity index (χ1v) is 7.29. The molecule has 7 heteroatoms. The van der Waals surface area contributed by atoms with Crippen LogP contribution in [0.25, 0.3) is 0 Å². The molecule has 0 aliphatic heterocycles. The zero-order chi connectivity index (χ0) is 14.4. The van der Waals surface area contributed by atoms with Crippen LogP contribution >= 0.6 is 0 Å². The van der Waals surface area contributed by atoms with Gasteiger partial charge in [0.25, 0.3) is 0 Å². The lowest BCUT2D eigenvalue weighted by molar-refractivity contribution is -0.141. The van der Waals surface area contributed by atoms with Crippen molar-refractivity contribution >= 4 is 15.8 Å². The molecule has 0 spiro atoms. The number of sulfone groups is 1. The van der Waals surface area contributed by atoms with E-state index in [2.05, 4.69) is 0 Å². The van der Waals surface area contributed by atoms with E-state index < -0.39 is 38.2 Å². The number of halogens is 1. The van der Waals surface area contributed by atoms with Gasteiger partial charge in [-0.05, 0) is 17.7 Å². The summed E-state index contributed by atoms with van der Waals surface area (Å²) < 4.78 is 36.1. The van der Waals surface area contributed by atoms with Gasteiger partial charge in [-0.15, -0.1) is 0 Å². The second-order valence-corrected chi connectivity index (χ2v) is 6.73. The molecular formula is C12H10FNO4S. The fraction of sp³-hybridized carbons (Fsp3) is 0.333. The molecule has 1 saturated carbocycles. The first kappa shape index (κ1) is 13.5. The van der Waals surface area contributed by atoms with Crippen LogP contribution in [0, 0.1) is 22.6 Å². The van der Waals surface area contributed by atoms with Crippen LogP contribution < -0.4 is 0 Å². The smallest absolute Gasteiger partial charge is 0.326 e. The Morgan fingerprint density at radius 2 is 1.95 bits per heavy atom. The third-order valence-electron chi connectivity index (χ3n) is 3.36. The van der Waals surface area contributed by atoms with Crippen molar-refractivity contribution in [3.05, 3.63) is 35.6 Å². The van der Waals surface area contributed by atoms with Gasteiger partial charge in [0.2, 0.25) is 0 Å². The van der Waals surface area contributed by atoms with Crippen molar-refractivity contribution in [3.63, 3.8) is 0 Å². The lowest BCUT2D eigenvalue weighted by Gasteiger charge is -2.01. The van der Waals surface area contributed by atoms with Crippen LogP contribution in [0.1, 0.15) is 11.5 Å². The molecule has 0 saturated heterocycles. The highest BCUT2D eigenvalue weighted by atomic mass is 32.2. The minimum absolute atomic E-state index is 0.334. The highest BCUT2D eigenvalue weighted by Gasteiger charge is 2.76. The van der Waals surface area contributed by atoms with Crippen LogP contribution in [0.5, 0.6) is 0 Å². The average Bonchev–Trinajstić information content (AvgIpc) is 3.00. The summed E-state index contributed by atoms with van der Waals surface area (Å²) in [5, 5.41) is 16.9. The van der Waals surface area contributed by atoms with Crippen LogP contribution in [0.2, 0.25) is 0 Å². The zero-order valence-corrected chi connectivity index (χ0v) is 10.7. The Bertz CT molecular complexity index is 677. The lowest BCUT2D eigenvalue weighted by atomic mass is 10.0. The van der Waals surface area contributed by atoms with Crippen molar-refractivity contribution in [1.82, 2.24) is 0 Å². The van der Waals surface area contributed by atoms with Crippen LogP contribution in [-0.4, -0.2) is 31.0 Å². The highest BCUT2D eigenvalue weighted by molar-refractivity contribution is 7.91. The molecule has 100 valence electrons. The van der Waals surface area contributed by atoms with Crippen LogP contribution in [-0.2, 0) is 14.6 Å². The molecule has 3 atom stereocenters. The van der Waals surface area contributed by atoms with Crippen molar-refractivity contribution in [2.45, 2.75) is 11.2 Å². The summed E-state index contributed by atoms with van der Waals surface area (Å²) in [6.45, 7) is 0. The van der Waals surface area contributed by atoms with Gasteiger partial charge in [-0.1, -0.05) is 12.1 Å². The summed E-state index contributed by atoms with van der Waals surface area (Å²) in [5.41, 5.74) is -1.65. The Kier molecular flexibility index (Phi) is 2.86. The number of benzene rings is 1. The standard InChI is InChI=1S/C12H10FNO4S/c1-19(17,18)10-9(12(10,6-14)11(15)16)7-2-4-8(13)5-3-7/h2-5,9-10H,1H3,(H,15,16). The fourth-order valence-electron chi connectivity index (χ4n) is 2.48. The molecule has 1 aromatic rings. The minimum Gasteiger partial charge on any atom is -0.480 e. The second-order valence-electron chi connectivity index (χ2n) is 4.57. The topological polar surface area (TPSA) is 95.2 Å². The minimum atomic E-state index is -3.70. The summed E-state index contributed by atoms with van der Waals surface area (Å²) in [6.07, 6.45) is 0.899. The van der Waals surface area contributed by atoms with Crippen molar-refractivity contribution < 1.29 is 22.7 Å². The number of hydrogen-bond donors (Lipinski definition) is 1. The molecule has 2 rings (SSSR count). The number of carboxylic acids is 1. The third kappa shape index (κ3) is 1.88. The Morgan fingerprint density at radius 1 is 1.42 bits per heavy atom. The first-order valence-electron chi connectivity index (χ1n) is 5.34. The van der Waals surface area contributed by atoms with Crippen molar-refractivity contribution in [3.8, 4) is 6.07 Å². The monoisotopic (exact) mass is 283 g/mol. The molecular weight excluding hydrogens is 273 g/mol. The van der Waals surface area contributed by atoms with Gasteiger partial charge in [0.1, 0.15) is 11.1 Å². The maximum atomic E-state index is 12.8. The van der Waals surface area contributed by atoms with E-state index in [-0.39, 0.29) is 0 Å². The third-order valence-corrected chi connectivity index (χ3v) is 4.93. The number of hydrogen-bond acceptors (Lipinski definition) is 4. The predicted molar refractivity (Wildman–Crippen MR) is 63.5 cm³/mol. The van der Waals surface area contributed by atoms with Gasteiger partial charge >= 0.3 is 5.97 Å². The van der Waals surface area contributed by atoms with Gasteiger partial charge in [0.15, 0.2) is 15.3 Å². The average molecular weight is 283 g/mol. The van der Waals surface area contributed by atoms with E-state index in [1.54, 1.807) is 6.07 Å². The lowest BCUT2D eigenvalue weighted by Crippen LogP contribution is -2.21. The molecule has 0 bridgehead atoms. The molecule has 0 radical (unpaired) electrons. The zero-order valence-electron chi connectivity index (χ0n) is 9.87. The molecule has 3 unspecified atom stereocenters. The highest BCUT2D eigenvalue weighted by Crippen LogP contribution is 2.62. The Labute approximate surface area is 109 Å². The molecule has 1 aromatic carbocycles. The largest absolute Gasteiger partial charge is 0.480 e. The van der Waals surface area contributed by atoms with Gasteiger partial charge in [-0.25, -0.2) is 12.8 Å². The normalized spacial score (nSPS) is 29.5. The molecule has 1 fully saturated rings. The second kappa shape index (κ2) is 4.03. The molecule has 0 heterocycles.